The van der Waals surface area contributed by atoms with E-state index < -0.39 is 15.9 Å². The van der Waals surface area contributed by atoms with Crippen LogP contribution in [0.3, 0.4) is 0 Å². The third-order valence-electron chi connectivity index (χ3n) is 4.64. The molecule has 0 bridgehead atoms. The molecule has 0 radical (unpaired) electrons. The number of carbonyl (C=O) groups excluding carboxylic acids is 2. The molecule has 2 aromatic carbocycles. The van der Waals surface area contributed by atoms with Crippen LogP contribution in [0.2, 0.25) is 5.02 Å². The van der Waals surface area contributed by atoms with E-state index in [0.717, 1.165) is 6.08 Å². The summed E-state index contributed by atoms with van der Waals surface area (Å²) in [5.41, 5.74) is 0. The van der Waals surface area contributed by atoms with Crippen LogP contribution in [0.4, 0.5) is 0 Å². The average Bonchev–Trinajstić information content (AvgIpc) is 2.71. The molecule has 1 heterocycles. The highest BCUT2D eigenvalue weighted by molar-refractivity contribution is 7.89. The molecule has 2 aromatic rings. The summed E-state index contributed by atoms with van der Waals surface area (Å²) < 4.78 is 27.7. The Morgan fingerprint density at radius 1 is 1.07 bits per heavy atom. The van der Waals surface area contributed by atoms with Crippen LogP contribution in [-0.2, 0) is 19.6 Å². The van der Waals surface area contributed by atoms with Crippen LogP contribution in [0, 0.1) is 0 Å². The SMILES string of the molecule is C=CC(=O)NCC(=O)N1CCN(S(=O)(=O)c2cccc3c(Cl)cccc23)CC1. The predicted octanol–water partition coefficient (Wildman–Crippen LogP) is 1.63. The van der Waals surface area contributed by atoms with E-state index in [1.54, 1.807) is 36.4 Å². The van der Waals surface area contributed by atoms with Crippen molar-refractivity contribution in [2.45, 2.75) is 4.90 Å². The van der Waals surface area contributed by atoms with Gasteiger partial charge in [-0.15, -0.1) is 0 Å². The van der Waals surface area contributed by atoms with Crippen molar-refractivity contribution in [2.75, 3.05) is 32.7 Å². The number of sulfonamides is 1. The molecular formula is C19H20ClN3O4S. The van der Waals surface area contributed by atoms with Gasteiger partial charge in [0.1, 0.15) is 0 Å². The molecule has 3 rings (SSSR count). The minimum Gasteiger partial charge on any atom is -0.343 e. The number of amides is 2. The van der Waals surface area contributed by atoms with E-state index in [1.807, 2.05) is 0 Å². The first-order valence-corrected chi connectivity index (χ1v) is 10.5. The van der Waals surface area contributed by atoms with Gasteiger partial charge in [0.2, 0.25) is 21.8 Å². The molecule has 9 heteroatoms. The van der Waals surface area contributed by atoms with E-state index in [1.165, 1.54) is 9.21 Å². The molecule has 1 aliphatic heterocycles. The van der Waals surface area contributed by atoms with Crippen LogP contribution in [0.25, 0.3) is 10.8 Å². The van der Waals surface area contributed by atoms with Gasteiger partial charge in [-0.25, -0.2) is 8.42 Å². The zero-order valence-electron chi connectivity index (χ0n) is 15.1. The fourth-order valence-corrected chi connectivity index (χ4v) is 5.00. The Morgan fingerprint density at radius 2 is 1.71 bits per heavy atom. The average molecular weight is 422 g/mol. The van der Waals surface area contributed by atoms with Crippen molar-refractivity contribution in [3.63, 3.8) is 0 Å². The Balaban J connectivity index is 1.74. The number of piperazine rings is 1. The lowest BCUT2D eigenvalue weighted by molar-refractivity contribution is -0.133. The second-order valence-corrected chi connectivity index (χ2v) is 8.61. The Morgan fingerprint density at radius 3 is 2.39 bits per heavy atom. The maximum absolute atomic E-state index is 13.2. The fraction of sp³-hybridized carbons (Fsp3) is 0.263. The summed E-state index contributed by atoms with van der Waals surface area (Å²) in [5.74, 6) is -0.687. The Bertz CT molecular complexity index is 1030. The molecule has 148 valence electrons. The third-order valence-corrected chi connectivity index (χ3v) is 6.92. The van der Waals surface area contributed by atoms with Crippen molar-refractivity contribution in [1.29, 1.82) is 0 Å². The number of hydrogen-bond acceptors (Lipinski definition) is 4. The largest absolute Gasteiger partial charge is 0.343 e. The molecule has 0 unspecified atom stereocenters. The number of rotatable bonds is 5. The topological polar surface area (TPSA) is 86.8 Å². The highest BCUT2D eigenvalue weighted by Gasteiger charge is 2.31. The predicted molar refractivity (Wildman–Crippen MR) is 108 cm³/mol. The van der Waals surface area contributed by atoms with Gasteiger partial charge in [0.15, 0.2) is 0 Å². The number of nitrogens with one attached hydrogen (secondary N) is 1. The smallest absolute Gasteiger partial charge is 0.243 e. The summed E-state index contributed by atoms with van der Waals surface area (Å²) in [6.07, 6.45) is 1.09. The highest BCUT2D eigenvalue weighted by atomic mass is 35.5. The third kappa shape index (κ3) is 4.04. The zero-order chi connectivity index (χ0) is 20.3. The summed E-state index contributed by atoms with van der Waals surface area (Å²) in [5, 5.41) is 4.17. The van der Waals surface area contributed by atoms with Gasteiger partial charge in [-0.1, -0.05) is 42.4 Å². The Labute approximate surface area is 168 Å². The standard InChI is InChI=1S/C19H20ClN3O4S/c1-2-18(24)21-13-19(25)22-9-11-23(12-10-22)28(26,27)17-8-4-5-14-15(17)6-3-7-16(14)20/h2-8H,1,9-13H2,(H,21,24). The molecule has 7 nitrogen and oxygen atoms in total. The summed E-state index contributed by atoms with van der Waals surface area (Å²) in [6.45, 7) is 4.06. The molecule has 1 fully saturated rings. The quantitative estimate of drug-likeness (QED) is 0.743. The van der Waals surface area contributed by atoms with Gasteiger partial charge in [0.05, 0.1) is 11.4 Å². The van der Waals surface area contributed by atoms with Crippen LogP contribution >= 0.6 is 11.6 Å². The first kappa shape index (κ1) is 20.3. The van der Waals surface area contributed by atoms with Crippen molar-refractivity contribution in [3.05, 3.63) is 54.1 Å². The maximum Gasteiger partial charge on any atom is 0.243 e. The maximum atomic E-state index is 13.2. The molecule has 0 spiro atoms. The van der Waals surface area contributed by atoms with Gasteiger partial charge in [-0.2, -0.15) is 4.31 Å². The van der Waals surface area contributed by atoms with E-state index in [2.05, 4.69) is 11.9 Å². The van der Waals surface area contributed by atoms with Crippen LogP contribution in [0.1, 0.15) is 0 Å². The second kappa shape index (κ2) is 8.30. The first-order valence-electron chi connectivity index (χ1n) is 8.70. The normalized spacial score (nSPS) is 15.4. The van der Waals surface area contributed by atoms with Gasteiger partial charge < -0.3 is 10.2 Å². The lowest BCUT2D eigenvalue weighted by atomic mass is 10.1. The van der Waals surface area contributed by atoms with Gasteiger partial charge in [0, 0.05) is 42.0 Å². The number of benzene rings is 2. The second-order valence-electron chi connectivity index (χ2n) is 6.30. The summed E-state index contributed by atoms with van der Waals surface area (Å²) >= 11 is 6.19. The van der Waals surface area contributed by atoms with E-state index in [9.17, 15) is 18.0 Å². The van der Waals surface area contributed by atoms with Crippen molar-refractivity contribution in [2.24, 2.45) is 0 Å². The first-order chi connectivity index (χ1) is 13.3. The van der Waals surface area contributed by atoms with Crippen LogP contribution in [0.5, 0.6) is 0 Å². The number of halogens is 1. The minimum atomic E-state index is -3.73. The highest BCUT2D eigenvalue weighted by Crippen LogP contribution is 2.30. The van der Waals surface area contributed by atoms with Gasteiger partial charge in [-0.3, -0.25) is 9.59 Å². The fourth-order valence-electron chi connectivity index (χ4n) is 3.13. The monoisotopic (exact) mass is 421 g/mol. The van der Waals surface area contributed by atoms with E-state index in [4.69, 9.17) is 11.6 Å². The molecule has 1 aliphatic rings. The van der Waals surface area contributed by atoms with E-state index in [-0.39, 0.29) is 43.5 Å². The van der Waals surface area contributed by atoms with Gasteiger partial charge in [0.25, 0.3) is 0 Å². The van der Waals surface area contributed by atoms with Gasteiger partial charge in [-0.05, 0) is 18.2 Å². The molecule has 2 amide bonds. The van der Waals surface area contributed by atoms with E-state index in [0.29, 0.717) is 15.8 Å². The molecule has 0 saturated carbocycles. The minimum absolute atomic E-state index is 0.139. The molecule has 1 saturated heterocycles. The molecular weight excluding hydrogens is 402 g/mol. The molecule has 0 aliphatic carbocycles. The Kier molecular flexibility index (Phi) is 6.02. The van der Waals surface area contributed by atoms with Crippen molar-refractivity contribution >= 4 is 44.2 Å². The summed E-state index contributed by atoms with van der Waals surface area (Å²) in [4.78, 5) is 25.1. The van der Waals surface area contributed by atoms with Crippen LogP contribution in [0.15, 0.2) is 53.9 Å². The molecule has 28 heavy (non-hydrogen) atoms. The van der Waals surface area contributed by atoms with Crippen LogP contribution < -0.4 is 5.32 Å². The molecule has 1 N–H and O–H groups in total. The number of hydrogen-bond donors (Lipinski definition) is 1. The zero-order valence-corrected chi connectivity index (χ0v) is 16.7. The van der Waals surface area contributed by atoms with Crippen molar-refractivity contribution < 1.29 is 18.0 Å². The van der Waals surface area contributed by atoms with Crippen LogP contribution in [-0.4, -0.2) is 62.2 Å². The number of nitrogens with zero attached hydrogens (tertiary/aromatic N) is 2. The lowest BCUT2D eigenvalue weighted by Crippen LogP contribution is -2.52. The molecule has 0 aromatic heterocycles. The Hall–Kier alpha value is -2.42. The lowest BCUT2D eigenvalue weighted by Gasteiger charge is -2.34. The number of carbonyl (C=O) groups is 2. The summed E-state index contributed by atoms with van der Waals surface area (Å²) in [7, 11) is -3.73. The van der Waals surface area contributed by atoms with Gasteiger partial charge >= 0.3 is 0 Å². The summed E-state index contributed by atoms with van der Waals surface area (Å²) in [6, 6.07) is 10.2. The van der Waals surface area contributed by atoms with Crippen molar-refractivity contribution in [1.82, 2.24) is 14.5 Å². The van der Waals surface area contributed by atoms with Crippen molar-refractivity contribution in [3.8, 4) is 0 Å². The molecule has 0 atom stereocenters. The number of fused-ring (bicyclic) bond motifs is 1. The van der Waals surface area contributed by atoms with E-state index >= 15 is 0 Å².